The molecule has 39 heteroatoms. The van der Waals surface area contributed by atoms with Gasteiger partial charge in [0.05, 0.1) is 70.5 Å². The second-order valence-corrected chi connectivity index (χ2v) is 34.9. The summed E-state index contributed by atoms with van der Waals surface area (Å²) in [5.74, 6) is -7.11. The Hall–Kier alpha value is -3.62. The van der Waals surface area contributed by atoms with Crippen LogP contribution >= 0.6 is 0 Å². The zero-order chi connectivity index (χ0) is 92.4. The van der Waals surface area contributed by atoms with Crippen molar-refractivity contribution in [3.05, 3.63) is 12.2 Å². The number of allylic oxidation sites excluding steroid dienone is 1. The van der Waals surface area contributed by atoms with Gasteiger partial charge in [-0.2, -0.15) is 0 Å². The molecular formula is C87H157N3O36. The third-order valence-corrected chi connectivity index (χ3v) is 24.7. The number of ether oxygens (including phenoxy) is 12. The van der Waals surface area contributed by atoms with Gasteiger partial charge in [0.2, 0.25) is 17.7 Å². The molecule has 3 amide bonds. The number of carboxylic acids is 1. The first-order valence-corrected chi connectivity index (χ1v) is 46.6. The van der Waals surface area contributed by atoms with E-state index >= 15 is 0 Å². The van der Waals surface area contributed by atoms with Crippen LogP contribution < -0.4 is 16.0 Å². The molecule has 0 aromatic rings. The average molecular weight is 1820 g/mol. The highest BCUT2D eigenvalue weighted by Gasteiger charge is 2.60. The zero-order valence-corrected chi connectivity index (χ0v) is 74.2. The Morgan fingerprint density at radius 1 is 0.421 bits per heavy atom. The third kappa shape index (κ3) is 35.0. The SMILES string of the molecule is CCCCCCCCCCCCC/C=C/[C@@H](O)[C@H](CO[C@@H]1OC(CO)[C@@H](O[C@@H]2OC(CO)[C@H](O[C@@H]3OC(CO)[C@H](O)[C@H](O[C@@H]4OC(CO)[C@H](O)[C@H](O[C@@H]5OC(CO[C@]6(C(=O)O)CC(O)[C@@H](NC(C)=O)C([C@H](O)[C@H](O)CO)O6)[C@H](O)[C@H](O)C5O)C4NC(C)=O)C3O)[C@H](O)C2O)[C@H](O)C1O)NC(=O)CCCCCCCCCCCCCCCCCCCCCCCCC. The molecule has 33 atom stereocenters. The van der Waals surface area contributed by atoms with Crippen LogP contribution in [0.1, 0.15) is 265 Å². The van der Waals surface area contributed by atoms with Gasteiger partial charge in [-0.05, 0) is 19.3 Å². The van der Waals surface area contributed by atoms with Crippen molar-refractivity contribution in [3.63, 3.8) is 0 Å². The fraction of sp³-hybridized carbons (Fsp3) is 0.931. The molecule has 126 heavy (non-hydrogen) atoms. The van der Waals surface area contributed by atoms with E-state index in [1.54, 1.807) is 6.08 Å². The molecule has 39 nitrogen and oxygen atoms in total. The third-order valence-electron chi connectivity index (χ3n) is 24.7. The summed E-state index contributed by atoms with van der Waals surface area (Å²) in [4.78, 5) is 51.7. The lowest BCUT2D eigenvalue weighted by atomic mass is 9.88. The van der Waals surface area contributed by atoms with Gasteiger partial charge < -0.3 is 175 Å². The predicted molar refractivity (Wildman–Crippen MR) is 448 cm³/mol. The minimum atomic E-state index is -3.03. The number of aliphatic carboxylic acids is 1. The van der Waals surface area contributed by atoms with E-state index in [9.17, 15) is 121 Å². The van der Waals surface area contributed by atoms with Crippen molar-refractivity contribution in [2.45, 2.75) is 467 Å². The van der Waals surface area contributed by atoms with Gasteiger partial charge >= 0.3 is 5.97 Å². The summed E-state index contributed by atoms with van der Waals surface area (Å²) < 4.78 is 70.5. The van der Waals surface area contributed by atoms with Crippen LogP contribution in [0.25, 0.3) is 0 Å². The maximum atomic E-state index is 13.6. The molecule has 0 saturated carbocycles. The maximum Gasteiger partial charge on any atom is 0.364 e. The molecule has 23 N–H and O–H groups in total. The number of rotatable bonds is 63. The molecule has 6 aliphatic rings. The van der Waals surface area contributed by atoms with Crippen LogP contribution in [0.2, 0.25) is 0 Å². The molecule has 0 aliphatic carbocycles. The van der Waals surface area contributed by atoms with E-state index in [2.05, 4.69) is 29.8 Å². The van der Waals surface area contributed by atoms with E-state index in [4.69, 9.17) is 56.8 Å². The lowest BCUT2D eigenvalue weighted by Crippen LogP contribution is -2.70. The van der Waals surface area contributed by atoms with Crippen LogP contribution in [0.4, 0.5) is 0 Å². The number of carbonyl (C=O) groups is 4. The van der Waals surface area contributed by atoms with Gasteiger partial charge in [-0.1, -0.05) is 231 Å². The molecular weight excluding hydrogens is 1660 g/mol. The standard InChI is InChI=1S/C87H157N3O36/c1-5-7-9-11-13-15-17-19-20-21-22-23-24-25-26-27-28-30-32-34-36-38-40-42-62(101)90-53(54(98)41-39-37-35-33-31-29-18-16-14-12-10-8-6-2)49-115-82-73(110)70(107)76(59(47-94)119-82)122-84-74(111)71(108)77(60(48-95)120-84)123-85-75(112)80(68(105)58(46-93)118-85)125-81-64(89-52(4)97)78(67(104)57(45-92)117-81)124-83-72(109)69(106)66(103)61(121-83)50-116-87(86(113)114)43-55(99)63(88-51(3)96)79(126-87)65(102)56(100)44-91/h39,41,53-61,63-85,91-95,98-100,102-112H,5-38,40,42-50H2,1-4H3,(H,88,96)(H,89,97)(H,90,101)(H,113,114)/b41-39+/t53-,54+,55?,56+,57?,58?,59?,60?,61?,63+,64?,65+,66-,67-,68-,69-,70+,71+,72?,73?,74?,75?,76+,77-,78+,79?,80-,81-,82+,83-,84-,85-,87+/m0/s1. The minimum absolute atomic E-state index is 0.170. The molecule has 0 aromatic carbocycles. The summed E-state index contributed by atoms with van der Waals surface area (Å²) in [7, 11) is 0. The van der Waals surface area contributed by atoms with E-state index in [0.29, 0.717) is 12.8 Å². The van der Waals surface area contributed by atoms with Crippen LogP contribution in [0.5, 0.6) is 0 Å². The number of carbonyl (C=O) groups excluding carboxylic acids is 3. The monoisotopic (exact) mass is 1820 g/mol. The van der Waals surface area contributed by atoms with E-state index < -0.39 is 272 Å². The van der Waals surface area contributed by atoms with Crippen molar-refractivity contribution in [2.24, 2.45) is 0 Å². The van der Waals surface area contributed by atoms with Crippen molar-refractivity contribution in [1.82, 2.24) is 16.0 Å². The number of nitrogens with one attached hydrogen (secondary N) is 3. The highest BCUT2D eigenvalue weighted by molar-refractivity contribution is 5.77. The van der Waals surface area contributed by atoms with E-state index in [1.807, 2.05) is 6.08 Å². The normalized spacial score (nSPS) is 34.9. The Kier molecular flexibility index (Phi) is 52.8. The smallest absolute Gasteiger partial charge is 0.364 e. The fourth-order valence-electron chi connectivity index (χ4n) is 17.1. The van der Waals surface area contributed by atoms with Crippen LogP contribution in [0, 0.1) is 0 Å². The highest BCUT2D eigenvalue weighted by atomic mass is 16.8. The fourth-order valence-corrected chi connectivity index (χ4v) is 17.1. The first-order valence-electron chi connectivity index (χ1n) is 46.6. The number of hydrogen-bond donors (Lipinski definition) is 23. The lowest BCUT2D eigenvalue weighted by Gasteiger charge is -2.50. The summed E-state index contributed by atoms with van der Waals surface area (Å²) in [5.41, 5.74) is 0. The molecule has 6 rings (SSSR count). The van der Waals surface area contributed by atoms with Gasteiger partial charge in [0.1, 0.15) is 140 Å². The Morgan fingerprint density at radius 2 is 0.802 bits per heavy atom. The molecule has 12 unspecified atom stereocenters. The summed E-state index contributed by atoms with van der Waals surface area (Å²) in [5, 5.41) is 230. The second-order valence-electron chi connectivity index (χ2n) is 34.9. The first-order chi connectivity index (χ1) is 60.5. The van der Waals surface area contributed by atoms with Gasteiger partial charge in [-0.25, -0.2) is 4.79 Å². The predicted octanol–water partition coefficient (Wildman–Crippen LogP) is -0.0974. The van der Waals surface area contributed by atoms with Gasteiger partial charge in [0.25, 0.3) is 5.79 Å². The molecule has 0 bridgehead atoms. The topological polar surface area (TPSA) is 620 Å². The highest BCUT2D eigenvalue weighted by Crippen LogP contribution is 2.39. The van der Waals surface area contributed by atoms with Gasteiger partial charge in [-0.3, -0.25) is 14.4 Å². The Balaban J connectivity index is 1.05. The van der Waals surface area contributed by atoms with E-state index in [-0.39, 0.29) is 12.3 Å². The molecule has 736 valence electrons. The summed E-state index contributed by atoms with van der Waals surface area (Å²) in [6, 6.07) is -4.61. The van der Waals surface area contributed by atoms with Crippen molar-refractivity contribution in [2.75, 3.05) is 46.2 Å². The quantitative estimate of drug-likeness (QED) is 0.0279. The maximum absolute atomic E-state index is 13.6. The van der Waals surface area contributed by atoms with Crippen molar-refractivity contribution >= 4 is 23.7 Å². The first kappa shape index (κ1) is 111. The summed E-state index contributed by atoms with van der Waals surface area (Å²) >= 11 is 0. The molecule has 6 fully saturated rings. The Labute approximate surface area is 740 Å². The second kappa shape index (κ2) is 59.9. The molecule has 0 aromatic heterocycles. The van der Waals surface area contributed by atoms with Gasteiger partial charge in [-0.15, -0.1) is 0 Å². The number of aliphatic hydroxyl groups excluding tert-OH is 19. The van der Waals surface area contributed by atoms with Crippen LogP contribution in [-0.2, 0) is 76.0 Å². The van der Waals surface area contributed by atoms with E-state index in [1.165, 1.54) is 161 Å². The lowest BCUT2D eigenvalue weighted by molar-refractivity contribution is -0.389. The number of unbranched alkanes of at least 4 members (excludes halogenated alkanes) is 33. The average Bonchev–Trinajstić information content (AvgIpc) is 0.769. The van der Waals surface area contributed by atoms with E-state index in [0.717, 1.165) is 65.2 Å². The Morgan fingerprint density at radius 3 is 1.25 bits per heavy atom. The number of amides is 3. The zero-order valence-electron chi connectivity index (χ0n) is 74.2. The molecule has 6 saturated heterocycles. The van der Waals surface area contributed by atoms with Crippen LogP contribution in [0.15, 0.2) is 12.2 Å². The summed E-state index contributed by atoms with van der Waals surface area (Å²) in [6.07, 6.45) is -14.0. The number of hydrogen-bond acceptors (Lipinski definition) is 35. The van der Waals surface area contributed by atoms with Gasteiger partial charge in [0.15, 0.2) is 31.5 Å². The van der Waals surface area contributed by atoms with Crippen LogP contribution in [0.3, 0.4) is 0 Å². The van der Waals surface area contributed by atoms with Gasteiger partial charge in [0, 0.05) is 26.7 Å². The largest absolute Gasteiger partial charge is 0.477 e. The van der Waals surface area contributed by atoms with Crippen molar-refractivity contribution < 1.29 is 178 Å². The molecule has 0 spiro atoms. The number of carboxylic acid groups (broad SMARTS) is 1. The van der Waals surface area contributed by atoms with Crippen molar-refractivity contribution in [1.29, 1.82) is 0 Å². The molecule has 0 radical (unpaired) electrons. The Bertz CT molecular complexity index is 2980. The number of aliphatic hydroxyl groups is 19. The summed E-state index contributed by atoms with van der Waals surface area (Å²) in [6.45, 7) is -0.508. The van der Waals surface area contributed by atoms with Crippen LogP contribution in [-0.4, -0.2) is 374 Å². The minimum Gasteiger partial charge on any atom is -0.477 e. The molecule has 6 heterocycles. The van der Waals surface area contributed by atoms with Crippen molar-refractivity contribution in [3.8, 4) is 0 Å². The molecule has 6 aliphatic heterocycles.